The first-order valence-corrected chi connectivity index (χ1v) is 12.7. The van der Waals surface area contributed by atoms with Gasteiger partial charge in [-0.25, -0.2) is 18.2 Å². The Bertz CT molecular complexity index is 980. The van der Waals surface area contributed by atoms with Crippen molar-refractivity contribution in [2.45, 2.75) is 70.6 Å². The summed E-state index contributed by atoms with van der Waals surface area (Å²) in [4.78, 5) is 18.9. The highest BCUT2D eigenvalue weighted by Gasteiger charge is 2.30. The van der Waals surface area contributed by atoms with Crippen molar-refractivity contribution in [2.24, 2.45) is 11.8 Å². The molecule has 0 radical (unpaired) electrons. The number of sulfone groups is 1. The van der Waals surface area contributed by atoms with Gasteiger partial charge in [-0.05, 0) is 44.1 Å². The van der Waals surface area contributed by atoms with Crippen molar-refractivity contribution in [1.29, 1.82) is 0 Å². The summed E-state index contributed by atoms with van der Waals surface area (Å²) in [5, 5.41) is 3.04. The van der Waals surface area contributed by atoms with Crippen molar-refractivity contribution in [1.82, 2.24) is 19.8 Å². The minimum Gasteiger partial charge on any atom is -0.336 e. The van der Waals surface area contributed by atoms with Gasteiger partial charge in [0.15, 0.2) is 0 Å². The van der Waals surface area contributed by atoms with Gasteiger partial charge in [-0.3, -0.25) is 0 Å². The number of benzene rings is 1. The Balaban J connectivity index is 1.89. The summed E-state index contributed by atoms with van der Waals surface area (Å²) in [6.45, 7) is 9.51. The maximum Gasteiger partial charge on any atom is 0.317 e. The molecule has 0 spiro atoms. The van der Waals surface area contributed by atoms with Gasteiger partial charge in [0, 0.05) is 19.1 Å². The number of nitrogens with zero attached hydrogens (tertiary/aromatic N) is 3. The third-order valence-electron chi connectivity index (χ3n) is 5.15. The van der Waals surface area contributed by atoms with Crippen LogP contribution in [0.2, 0.25) is 0 Å². The maximum atomic E-state index is 13.2. The molecule has 0 bridgehead atoms. The van der Waals surface area contributed by atoms with Gasteiger partial charge in [-0.1, -0.05) is 44.2 Å². The fraction of sp³-hybridized carbons (Fsp3) is 0.565. The van der Waals surface area contributed by atoms with Crippen molar-refractivity contribution in [3.63, 3.8) is 0 Å². The highest BCUT2D eigenvalue weighted by Crippen LogP contribution is 2.30. The molecule has 1 N–H and O–H groups in total. The van der Waals surface area contributed by atoms with Gasteiger partial charge in [0.1, 0.15) is 0 Å². The largest absolute Gasteiger partial charge is 0.336 e. The van der Waals surface area contributed by atoms with E-state index in [-0.39, 0.29) is 28.9 Å². The topological polar surface area (TPSA) is 84.3 Å². The van der Waals surface area contributed by atoms with Crippen molar-refractivity contribution >= 4 is 15.9 Å². The lowest BCUT2D eigenvalue weighted by molar-refractivity contribution is 0.188. The number of hydrogen-bond donors (Lipinski definition) is 1. The normalized spacial score (nSPS) is 14.3. The smallest absolute Gasteiger partial charge is 0.317 e. The molecule has 0 unspecified atom stereocenters. The maximum absolute atomic E-state index is 13.2. The average molecular weight is 447 g/mol. The first-order chi connectivity index (χ1) is 14.7. The first-order valence-electron chi connectivity index (χ1n) is 11.0. The summed E-state index contributed by atoms with van der Waals surface area (Å²) < 4.78 is 28.2. The molecule has 31 heavy (non-hydrogen) atoms. The van der Waals surface area contributed by atoms with Crippen LogP contribution in [0.25, 0.3) is 0 Å². The van der Waals surface area contributed by atoms with Crippen LogP contribution in [0.4, 0.5) is 4.79 Å². The van der Waals surface area contributed by atoms with Crippen molar-refractivity contribution < 1.29 is 13.2 Å². The summed E-state index contributed by atoms with van der Waals surface area (Å²) in [5.74, 6) is 0.669. The molecule has 7 nitrogen and oxygen atoms in total. The van der Waals surface area contributed by atoms with Crippen LogP contribution < -0.4 is 5.32 Å². The van der Waals surface area contributed by atoms with Gasteiger partial charge in [-0.2, -0.15) is 0 Å². The van der Waals surface area contributed by atoms with Crippen LogP contribution in [-0.2, 0) is 28.7 Å². The molecule has 2 aromatic rings. The second-order valence-electron chi connectivity index (χ2n) is 9.21. The number of hydrogen-bond acceptors (Lipinski definition) is 4. The predicted molar refractivity (Wildman–Crippen MR) is 121 cm³/mol. The van der Waals surface area contributed by atoms with Crippen LogP contribution in [0.3, 0.4) is 0 Å². The predicted octanol–water partition coefficient (Wildman–Crippen LogP) is 3.84. The molecule has 1 heterocycles. The van der Waals surface area contributed by atoms with Crippen LogP contribution >= 0.6 is 0 Å². The van der Waals surface area contributed by atoms with Crippen LogP contribution in [0, 0.1) is 11.8 Å². The molecule has 1 aromatic carbocycles. The van der Waals surface area contributed by atoms with Crippen molar-refractivity contribution in [3.05, 3.63) is 47.8 Å². The van der Waals surface area contributed by atoms with E-state index in [1.54, 1.807) is 15.7 Å². The molecule has 170 valence electrons. The Hall–Kier alpha value is -2.35. The summed E-state index contributed by atoms with van der Waals surface area (Å²) in [5.41, 5.74) is 1.48. The van der Waals surface area contributed by atoms with Gasteiger partial charge in [-0.15, -0.1) is 0 Å². The number of imidazole rings is 1. The third-order valence-corrected chi connectivity index (χ3v) is 6.75. The van der Waals surface area contributed by atoms with Gasteiger partial charge in [0.05, 0.1) is 24.2 Å². The molecule has 0 atom stereocenters. The number of nitrogens with one attached hydrogen (secondary N) is 1. The minimum atomic E-state index is -3.62. The molecule has 1 saturated carbocycles. The van der Waals surface area contributed by atoms with Crippen LogP contribution in [-0.4, -0.2) is 41.5 Å². The Kier molecular flexibility index (Phi) is 7.41. The molecule has 0 saturated heterocycles. The molecule has 1 aliphatic carbocycles. The second kappa shape index (κ2) is 9.85. The van der Waals surface area contributed by atoms with E-state index in [1.165, 1.54) is 0 Å². The number of amides is 2. The Labute approximate surface area is 185 Å². The second-order valence-corrected chi connectivity index (χ2v) is 11.1. The first kappa shape index (κ1) is 23.3. The van der Waals surface area contributed by atoms with Gasteiger partial charge >= 0.3 is 6.03 Å². The van der Waals surface area contributed by atoms with E-state index in [0.717, 1.165) is 24.1 Å². The zero-order chi connectivity index (χ0) is 22.6. The molecule has 1 aromatic heterocycles. The van der Waals surface area contributed by atoms with E-state index in [0.29, 0.717) is 25.6 Å². The fourth-order valence-electron chi connectivity index (χ4n) is 3.55. The van der Waals surface area contributed by atoms with Gasteiger partial charge < -0.3 is 14.8 Å². The van der Waals surface area contributed by atoms with Crippen LogP contribution in [0.1, 0.15) is 51.8 Å². The van der Waals surface area contributed by atoms with E-state index >= 15 is 0 Å². The number of urea groups is 1. The monoisotopic (exact) mass is 446 g/mol. The zero-order valence-electron chi connectivity index (χ0n) is 18.9. The highest BCUT2D eigenvalue weighted by molar-refractivity contribution is 7.90. The summed E-state index contributed by atoms with van der Waals surface area (Å²) in [6.07, 6.45) is 3.88. The van der Waals surface area contributed by atoms with Crippen molar-refractivity contribution in [2.75, 3.05) is 6.54 Å². The fourth-order valence-corrected chi connectivity index (χ4v) is 5.05. The molecule has 3 rings (SSSR count). The summed E-state index contributed by atoms with van der Waals surface area (Å²) in [7, 11) is -3.62. The Morgan fingerprint density at radius 1 is 1.19 bits per heavy atom. The zero-order valence-corrected chi connectivity index (χ0v) is 19.7. The number of rotatable bonds is 10. The Morgan fingerprint density at radius 3 is 2.45 bits per heavy atom. The summed E-state index contributed by atoms with van der Waals surface area (Å²) >= 11 is 0. The van der Waals surface area contributed by atoms with Crippen LogP contribution in [0.5, 0.6) is 0 Å². The number of carbonyl (C=O) groups is 1. The quantitative estimate of drug-likeness (QED) is 0.601. The highest BCUT2D eigenvalue weighted by atomic mass is 32.2. The van der Waals surface area contributed by atoms with Gasteiger partial charge in [0.2, 0.25) is 15.0 Å². The molecular weight excluding hydrogens is 412 g/mol. The standard InChI is InChI=1S/C23H34N4O3S/c1-17(2)13-27-21(15-26(14-19-10-11-19)22(28)25-18(3)4)12-24-23(27)31(29,30)16-20-8-6-5-7-9-20/h5-9,12,17-19H,10-11,13-16H2,1-4H3,(H,25,28). The SMILES string of the molecule is CC(C)Cn1c(CN(CC2CC2)C(=O)NC(C)C)cnc1S(=O)(=O)Cc1ccccc1. The van der Waals surface area contributed by atoms with Gasteiger partial charge in [0.25, 0.3) is 0 Å². The molecule has 0 aliphatic heterocycles. The summed E-state index contributed by atoms with van der Waals surface area (Å²) in [6, 6.07) is 9.07. The van der Waals surface area contributed by atoms with E-state index in [4.69, 9.17) is 0 Å². The molecule has 1 aliphatic rings. The lowest BCUT2D eigenvalue weighted by Crippen LogP contribution is -2.43. The lowest BCUT2D eigenvalue weighted by Gasteiger charge is -2.25. The van der Waals surface area contributed by atoms with E-state index in [2.05, 4.69) is 10.3 Å². The van der Waals surface area contributed by atoms with E-state index in [1.807, 2.05) is 58.0 Å². The molecule has 8 heteroatoms. The average Bonchev–Trinajstić information content (AvgIpc) is 3.40. The number of aromatic nitrogens is 2. The van der Waals surface area contributed by atoms with E-state index in [9.17, 15) is 13.2 Å². The Morgan fingerprint density at radius 2 is 1.87 bits per heavy atom. The van der Waals surface area contributed by atoms with Crippen LogP contribution in [0.15, 0.2) is 41.7 Å². The minimum absolute atomic E-state index is 0.0385. The molecular formula is C23H34N4O3S. The third kappa shape index (κ3) is 6.56. The lowest BCUT2D eigenvalue weighted by atomic mass is 10.2. The molecule has 2 amide bonds. The molecule has 1 fully saturated rings. The van der Waals surface area contributed by atoms with E-state index < -0.39 is 9.84 Å². The van der Waals surface area contributed by atoms with Crippen molar-refractivity contribution in [3.8, 4) is 0 Å². The number of carbonyl (C=O) groups excluding carboxylic acids is 1.